The molecule has 0 spiro atoms. The van der Waals surface area contributed by atoms with Crippen LogP contribution in [0.3, 0.4) is 0 Å². The van der Waals surface area contributed by atoms with E-state index in [1.165, 1.54) is 4.90 Å². The lowest BCUT2D eigenvalue weighted by atomic mass is 9.68. The number of carbonyl (C=O) groups excluding carboxylic acids is 1. The van der Waals surface area contributed by atoms with Crippen molar-refractivity contribution in [2.75, 3.05) is 6.54 Å². The van der Waals surface area contributed by atoms with Crippen molar-refractivity contribution in [1.29, 1.82) is 0 Å². The van der Waals surface area contributed by atoms with Gasteiger partial charge in [0.25, 0.3) is 0 Å². The lowest BCUT2D eigenvalue weighted by molar-refractivity contribution is -0.138. The SMILES string of the molecule is CC(C)C1=CN(CCC(=O)O)C(=O)C[C@@]1(C)c1ccc(CCC(C)(C)C)c(F)c1. The Morgan fingerprint density at radius 3 is 2.48 bits per heavy atom. The Labute approximate surface area is 173 Å². The maximum atomic E-state index is 14.9. The van der Waals surface area contributed by atoms with Gasteiger partial charge in [0.2, 0.25) is 5.91 Å². The van der Waals surface area contributed by atoms with Crippen molar-refractivity contribution in [2.45, 2.75) is 72.6 Å². The number of benzene rings is 1. The second-order valence-electron chi connectivity index (χ2n) is 9.85. The van der Waals surface area contributed by atoms with Gasteiger partial charge in [-0.3, -0.25) is 9.59 Å². The van der Waals surface area contributed by atoms with Crippen molar-refractivity contribution >= 4 is 11.9 Å². The first kappa shape index (κ1) is 23.1. The Balaban J connectivity index is 2.36. The molecule has 0 unspecified atom stereocenters. The molecular weight excluding hydrogens is 369 g/mol. The molecule has 0 radical (unpaired) electrons. The molecule has 4 nitrogen and oxygen atoms in total. The van der Waals surface area contributed by atoms with Crippen molar-refractivity contribution in [3.8, 4) is 0 Å². The van der Waals surface area contributed by atoms with E-state index in [1.807, 2.05) is 32.9 Å². The lowest BCUT2D eigenvalue weighted by Gasteiger charge is -2.41. The van der Waals surface area contributed by atoms with Crippen LogP contribution in [0, 0.1) is 17.2 Å². The minimum absolute atomic E-state index is 0.0958. The molecule has 5 heteroatoms. The summed E-state index contributed by atoms with van der Waals surface area (Å²) in [7, 11) is 0. The number of amides is 1. The summed E-state index contributed by atoms with van der Waals surface area (Å²) in [6.45, 7) is 12.7. The van der Waals surface area contributed by atoms with Crippen LogP contribution in [0.15, 0.2) is 30.0 Å². The molecule has 0 saturated carbocycles. The molecule has 1 amide bonds. The van der Waals surface area contributed by atoms with Gasteiger partial charge in [-0.2, -0.15) is 0 Å². The topological polar surface area (TPSA) is 57.6 Å². The summed E-state index contributed by atoms with van der Waals surface area (Å²) >= 11 is 0. The van der Waals surface area contributed by atoms with E-state index in [0.29, 0.717) is 12.0 Å². The number of hydrogen-bond donors (Lipinski definition) is 1. The van der Waals surface area contributed by atoms with Crippen LogP contribution in [0.25, 0.3) is 0 Å². The van der Waals surface area contributed by atoms with Gasteiger partial charge in [-0.05, 0) is 46.9 Å². The average molecular weight is 404 g/mol. The first-order valence-corrected chi connectivity index (χ1v) is 10.4. The van der Waals surface area contributed by atoms with Crippen molar-refractivity contribution in [3.05, 3.63) is 46.9 Å². The average Bonchev–Trinajstić information content (AvgIpc) is 2.58. The quantitative estimate of drug-likeness (QED) is 0.671. The number of halogens is 1. The number of carboxylic acid groups (broad SMARTS) is 1. The standard InChI is InChI=1S/C24H34FNO3/c1-16(2)19-15-26(12-10-22(28)29)21(27)14-24(19,6)18-8-7-17(20(25)13-18)9-11-23(3,4)5/h7-8,13,15-16H,9-12,14H2,1-6H3,(H,28,29)/t24-/m0/s1. The number of aliphatic carboxylic acids is 1. The molecule has 0 aromatic heterocycles. The monoisotopic (exact) mass is 403 g/mol. The van der Waals surface area contributed by atoms with Gasteiger partial charge < -0.3 is 10.0 Å². The van der Waals surface area contributed by atoms with Gasteiger partial charge in [-0.25, -0.2) is 4.39 Å². The second-order valence-corrected chi connectivity index (χ2v) is 9.85. The second kappa shape index (κ2) is 8.68. The molecule has 1 aliphatic rings. The first-order valence-electron chi connectivity index (χ1n) is 10.4. The van der Waals surface area contributed by atoms with Crippen LogP contribution in [-0.4, -0.2) is 28.4 Å². The van der Waals surface area contributed by atoms with E-state index in [9.17, 15) is 14.0 Å². The van der Waals surface area contributed by atoms with Crippen molar-refractivity contribution in [3.63, 3.8) is 0 Å². The van der Waals surface area contributed by atoms with E-state index in [4.69, 9.17) is 5.11 Å². The highest BCUT2D eigenvalue weighted by molar-refractivity contribution is 5.82. The Bertz CT molecular complexity index is 807. The summed E-state index contributed by atoms with van der Waals surface area (Å²) in [6, 6.07) is 5.37. The van der Waals surface area contributed by atoms with Gasteiger partial charge in [0.1, 0.15) is 5.82 Å². The molecule has 1 aromatic carbocycles. The lowest BCUT2D eigenvalue weighted by Crippen LogP contribution is -2.42. The Morgan fingerprint density at radius 2 is 1.97 bits per heavy atom. The number of allylic oxidation sites excluding steroid dienone is 1. The highest BCUT2D eigenvalue weighted by Crippen LogP contribution is 2.43. The molecule has 0 bridgehead atoms. The summed E-state index contributed by atoms with van der Waals surface area (Å²) in [4.78, 5) is 25.1. The van der Waals surface area contributed by atoms with Crippen molar-refractivity contribution in [1.82, 2.24) is 4.90 Å². The summed E-state index contributed by atoms with van der Waals surface area (Å²) in [5.74, 6) is -1.14. The molecular formula is C24H34FNO3. The Kier molecular flexibility index (Phi) is 6.92. The molecule has 1 atom stereocenters. The fourth-order valence-electron chi connectivity index (χ4n) is 3.95. The molecule has 0 fully saturated rings. The molecule has 0 saturated heterocycles. The zero-order chi connectivity index (χ0) is 22.0. The number of carbonyl (C=O) groups is 2. The molecule has 160 valence electrons. The van der Waals surface area contributed by atoms with Crippen LogP contribution in [-0.2, 0) is 21.4 Å². The predicted molar refractivity (Wildman–Crippen MR) is 113 cm³/mol. The zero-order valence-electron chi connectivity index (χ0n) is 18.5. The van der Waals surface area contributed by atoms with E-state index in [2.05, 4.69) is 20.8 Å². The molecule has 1 N–H and O–H groups in total. The number of hydrogen-bond acceptors (Lipinski definition) is 2. The van der Waals surface area contributed by atoms with E-state index >= 15 is 0 Å². The van der Waals surface area contributed by atoms with Gasteiger partial charge in [-0.15, -0.1) is 0 Å². The maximum Gasteiger partial charge on any atom is 0.305 e. The van der Waals surface area contributed by atoms with Crippen molar-refractivity contribution < 1.29 is 19.1 Å². The third kappa shape index (κ3) is 5.68. The van der Waals surface area contributed by atoms with Crippen LogP contribution >= 0.6 is 0 Å². The van der Waals surface area contributed by atoms with Gasteiger partial charge in [0, 0.05) is 24.6 Å². The minimum Gasteiger partial charge on any atom is -0.481 e. The van der Waals surface area contributed by atoms with E-state index in [-0.39, 0.29) is 42.4 Å². The van der Waals surface area contributed by atoms with Gasteiger partial charge in [0.15, 0.2) is 0 Å². The molecule has 1 aliphatic heterocycles. The van der Waals surface area contributed by atoms with Gasteiger partial charge in [-0.1, -0.05) is 53.7 Å². The maximum absolute atomic E-state index is 14.9. The van der Waals surface area contributed by atoms with E-state index in [1.54, 1.807) is 12.3 Å². The smallest absolute Gasteiger partial charge is 0.305 e. The van der Waals surface area contributed by atoms with Crippen LogP contribution in [0.4, 0.5) is 4.39 Å². The predicted octanol–water partition coefficient (Wildman–Crippen LogP) is 5.31. The van der Waals surface area contributed by atoms with Crippen LogP contribution in [0.1, 0.15) is 71.9 Å². The number of rotatable bonds is 7. The zero-order valence-corrected chi connectivity index (χ0v) is 18.5. The molecule has 1 aromatic rings. The summed E-state index contributed by atoms with van der Waals surface area (Å²) in [5.41, 5.74) is 2.05. The molecule has 1 heterocycles. The largest absolute Gasteiger partial charge is 0.481 e. The summed E-state index contributed by atoms with van der Waals surface area (Å²) in [6.07, 6.45) is 3.47. The van der Waals surface area contributed by atoms with Gasteiger partial charge >= 0.3 is 5.97 Å². The third-order valence-corrected chi connectivity index (χ3v) is 5.78. The summed E-state index contributed by atoms with van der Waals surface area (Å²) in [5, 5.41) is 8.94. The first-order chi connectivity index (χ1) is 13.3. The number of carboxylic acids is 1. The van der Waals surface area contributed by atoms with Crippen LogP contribution < -0.4 is 0 Å². The minimum atomic E-state index is -0.932. The fraction of sp³-hybridized carbons (Fsp3) is 0.583. The highest BCUT2D eigenvalue weighted by Gasteiger charge is 2.40. The summed E-state index contributed by atoms with van der Waals surface area (Å²) < 4.78 is 14.9. The molecule has 29 heavy (non-hydrogen) atoms. The fourth-order valence-corrected chi connectivity index (χ4v) is 3.95. The Morgan fingerprint density at radius 1 is 1.31 bits per heavy atom. The van der Waals surface area contributed by atoms with E-state index in [0.717, 1.165) is 17.6 Å². The van der Waals surface area contributed by atoms with Gasteiger partial charge in [0.05, 0.1) is 6.42 Å². The number of nitrogens with zero attached hydrogens (tertiary/aromatic N) is 1. The number of aryl methyl sites for hydroxylation is 1. The molecule has 0 aliphatic carbocycles. The van der Waals surface area contributed by atoms with Crippen LogP contribution in [0.5, 0.6) is 0 Å². The van der Waals surface area contributed by atoms with Crippen LogP contribution in [0.2, 0.25) is 0 Å². The Hall–Kier alpha value is -2.17. The highest BCUT2D eigenvalue weighted by atomic mass is 19.1. The van der Waals surface area contributed by atoms with E-state index < -0.39 is 11.4 Å². The third-order valence-electron chi connectivity index (χ3n) is 5.78. The van der Waals surface area contributed by atoms with Crippen molar-refractivity contribution in [2.24, 2.45) is 11.3 Å². The molecule has 2 rings (SSSR count). The normalized spacial score (nSPS) is 20.2.